The van der Waals surface area contributed by atoms with Gasteiger partial charge >= 0.3 is 0 Å². The van der Waals surface area contributed by atoms with Gasteiger partial charge in [0.15, 0.2) is 0 Å². The molecule has 1 saturated heterocycles. The number of piperidine rings is 1. The van der Waals surface area contributed by atoms with Crippen LogP contribution in [-0.4, -0.2) is 41.6 Å². The monoisotopic (exact) mass is 289 g/mol. The zero-order valence-corrected chi connectivity index (χ0v) is 12.2. The van der Waals surface area contributed by atoms with Gasteiger partial charge in [0.2, 0.25) is 5.91 Å². The van der Waals surface area contributed by atoms with E-state index in [0.29, 0.717) is 12.6 Å². The number of aliphatic hydroxyl groups is 1. The maximum atomic E-state index is 11.5. The van der Waals surface area contributed by atoms with Crippen LogP contribution in [0.5, 0.6) is 0 Å². The lowest BCUT2D eigenvalue weighted by molar-refractivity contribution is -0.121. The lowest BCUT2D eigenvalue weighted by Crippen LogP contribution is -2.43. The van der Waals surface area contributed by atoms with E-state index in [1.54, 1.807) is 0 Å². The first kappa shape index (κ1) is 15.5. The number of aliphatic hydroxyl groups excluding tert-OH is 1. The van der Waals surface area contributed by atoms with Crippen LogP contribution in [0, 0.1) is 0 Å². The molecule has 21 heavy (non-hydrogen) atoms. The highest BCUT2D eigenvalue weighted by Gasteiger charge is 2.20. The van der Waals surface area contributed by atoms with Crippen LogP contribution in [0.1, 0.15) is 18.4 Å². The molecule has 1 aliphatic rings. The van der Waals surface area contributed by atoms with Gasteiger partial charge in [0.05, 0.1) is 13.2 Å². The molecule has 5 heteroatoms. The highest BCUT2D eigenvalue weighted by molar-refractivity contribution is 5.78. The summed E-state index contributed by atoms with van der Waals surface area (Å²) in [6.07, 6.45) is 3.39. The van der Waals surface area contributed by atoms with E-state index in [2.05, 4.69) is 22.1 Å². The predicted molar refractivity (Wildman–Crippen MR) is 83.8 cm³/mol. The van der Waals surface area contributed by atoms with E-state index < -0.39 is 0 Å². The summed E-state index contributed by atoms with van der Waals surface area (Å²) in [5.74, 6) is -0.0120. The SMILES string of the molecule is C=CNC(=O)CN1CCC(Nc2ccccc2CO)CC1. The van der Waals surface area contributed by atoms with Crippen LogP contribution in [0.4, 0.5) is 5.69 Å². The summed E-state index contributed by atoms with van der Waals surface area (Å²) in [7, 11) is 0. The average molecular weight is 289 g/mol. The molecule has 0 radical (unpaired) electrons. The van der Waals surface area contributed by atoms with Crippen molar-refractivity contribution in [3.63, 3.8) is 0 Å². The summed E-state index contributed by atoms with van der Waals surface area (Å²) in [6, 6.07) is 8.21. The number of nitrogens with one attached hydrogen (secondary N) is 2. The fourth-order valence-corrected chi connectivity index (χ4v) is 2.62. The number of rotatable bonds is 6. The summed E-state index contributed by atoms with van der Waals surface area (Å²) in [4.78, 5) is 13.6. The minimum absolute atomic E-state index is 0.0120. The van der Waals surface area contributed by atoms with Gasteiger partial charge in [-0.25, -0.2) is 0 Å². The fraction of sp³-hybridized carbons (Fsp3) is 0.438. The van der Waals surface area contributed by atoms with Gasteiger partial charge < -0.3 is 15.7 Å². The summed E-state index contributed by atoms with van der Waals surface area (Å²) < 4.78 is 0. The minimum Gasteiger partial charge on any atom is -0.392 e. The number of carbonyl (C=O) groups is 1. The van der Waals surface area contributed by atoms with Crippen molar-refractivity contribution in [3.05, 3.63) is 42.6 Å². The normalized spacial score (nSPS) is 16.4. The Hall–Kier alpha value is -1.85. The second-order valence-electron chi connectivity index (χ2n) is 5.28. The summed E-state index contributed by atoms with van der Waals surface area (Å²) in [6.45, 7) is 5.74. The smallest absolute Gasteiger partial charge is 0.238 e. The number of nitrogens with zero attached hydrogens (tertiary/aromatic N) is 1. The molecule has 0 spiro atoms. The molecular formula is C16H23N3O2. The Bertz CT molecular complexity index is 482. The molecule has 3 N–H and O–H groups in total. The molecule has 1 heterocycles. The minimum atomic E-state index is -0.0120. The van der Waals surface area contributed by atoms with E-state index in [4.69, 9.17) is 0 Å². The van der Waals surface area contributed by atoms with E-state index in [1.165, 1.54) is 6.20 Å². The Balaban J connectivity index is 1.81. The van der Waals surface area contributed by atoms with Gasteiger partial charge in [0.25, 0.3) is 0 Å². The third kappa shape index (κ3) is 4.58. The van der Waals surface area contributed by atoms with Crippen LogP contribution < -0.4 is 10.6 Å². The van der Waals surface area contributed by atoms with Crippen LogP contribution in [-0.2, 0) is 11.4 Å². The number of anilines is 1. The first-order valence-corrected chi connectivity index (χ1v) is 7.31. The molecule has 0 saturated carbocycles. The number of hydrogen-bond acceptors (Lipinski definition) is 4. The Morgan fingerprint density at radius 3 is 2.76 bits per heavy atom. The van der Waals surface area contributed by atoms with Crippen molar-refractivity contribution in [3.8, 4) is 0 Å². The molecule has 0 atom stereocenters. The zero-order valence-electron chi connectivity index (χ0n) is 12.2. The largest absolute Gasteiger partial charge is 0.392 e. The molecule has 0 aliphatic carbocycles. The maximum Gasteiger partial charge on any atom is 0.238 e. The second kappa shape index (κ2) is 7.81. The van der Waals surface area contributed by atoms with Crippen LogP contribution in [0.3, 0.4) is 0 Å². The zero-order chi connectivity index (χ0) is 15.1. The van der Waals surface area contributed by atoms with Crippen LogP contribution >= 0.6 is 0 Å². The Labute approximate surface area is 125 Å². The van der Waals surface area contributed by atoms with E-state index in [-0.39, 0.29) is 12.5 Å². The standard InChI is InChI=1S/C16H23N3O2/c1-2-17-16(21)11-19-9-7-14(8-10-19)18-15-6-4-3-5-13(15)12-20/h2-6,14,18,20H,1,7-12H2,(H,17,21). The molecule has 1 aliphatic heterocycles. The van der Waals surface area contributed by atoms with E-state index >= 15 is 0 Å². The van der Waals surface area contributed by atoms with Crippen molar-refractivity contribution >= 4 is 11.6 Å². The van der Waals surface area contributed by atoms with Gasteiger partial charge in [-0.15, -0.1) is 0 Å². The van der Waals surface area contributed by atoms with Gasteiger partial charge in [-0.2, -0.15) is 0 Å². The molecule has 0 bridgehead atoms. The van der Waals surface area contributed by atoms with Gasteiger partial charge in [0, 0.05) is 30.4 Å². The molecule has 1 amide bonds. The number of likely N-dealkylation sites (tertiary alicyclic amines) is 1. The van der Waals surface area contributed by atoms with E-state index in [9.17, 15) is 9.90 Å². The molecular weight excluding hydrogens is 266 g/mol. The first-order valence-electron chi connectivity index (χ1n) is 7.31. The van der Waals surface area contributed by atoms with Gasteiger partial charge in [-0.3, -0.25) is 9.69 Å². The van der Waals surface area contributed by atoms with Crippen molar-refractivity contribution in [1.82, 2.24) is 10.2 Å². The summed E-state index contributed by atoms with van der Waals surface area (Å²) in [5.41, 5.74) is 1.92. The molecule has 1 aromatic rings. The summed E-state index contributed by atoms with van der Waals surface area (Å²) in [5, 5.41) is 15.4. The lowest BCUT2D eigenvalue weighted by atomic mass is 10.0. The van der Waals surface area contributed by atoms with E-state index in [1.807, 2.05) is 24.3 Å². The first-order chi connectivity index (χ1) is 10.2. The Kier molecular flexibility index (Phi) is 5.78. The molecule has 1 aromatic carbocycles. The molecule has 2 rings (SSSR count). The van der Waals surface area contributed by atoms with Crippen molar-refractivity contribution in [2.24, 2.45) is 0 Å². The van der Waals surface area contributed by atoms with Gasteiger partial charge in [-0.1, -0.05) is 24.8 Å². The Morgan fingerprint density at radius 1 is 1.38 bits per heavy atom. The van der Waals surface area contributed by atoms with Crippen LogP contribution in [0.2, 0.25) is 0 Å². The third-order valence-electron chi connectivity index (χ3n) is 3.77. The molecule has 0 aromatic heterocycles. The third-order valence-corrected chi connectivity index (χ3v) is 3.77. The molecule has 5 nitrogen and oxygen atoms in total. The summed E-state index contributed by atoms with van der Waals surface area (Å²) >= 11 is 0. The second-order valence-corrected chi connectivity index (χ2v) is 5.28. The number of hydrogen-bond donors (Lipinski definition) is 3. The molecule has 114 valence electrons. The van der Waals surface area contributed by atoms with Crippen molar-refractivity contribution < 1.29 is 9.90 Å². The highest BCUT2D eigenvalue weighted by Crippen LogP contribution is 2.20. The van der Waals surface area contributed by atoms with Crippen molar-refractivity contribution in [2.75, 3.05) is 25.0 Å². The lowest BCUT2D eigenvalue weighted by Gasteiger charge is -2.32. The Morgan fingerprint density at radius 2 is 2.10 bits per heavy atom. The topological polar surface area (TPSA) is 64.6 Å². The van der Waals surface area contributed by atoms with Crippen molar-refractivity contribution in [1.29, 1.82) is 0 Å². The van der Waals surface area contributed by atoms with E-state index in [0.717, 1.165) is 37.2 Å². The fourth-order valence-electron chi connectivity index (χ4n) is 2.62. The number of amides is 1. The number of carbonyl (C=O) groups excluding carboxylic acids is 1. The molecule has 0 unspecified atom stereocenters. The average Bonchev–Trinajstić information content (AvgIpc) is 2.50. The van der Waals surface area contributed by atoms with Gasteiger partial charge in [-0.05, 0) is 25.1 Å². The number of para-hydroxylation sites is 1. The highest BCUT2D eigenvalue weighted by atomic mass is 16.3. The quantitative estimate of drug-likeness (QED) is 0.739. The maximum absolute atomic E-state index is 11.5. The van der Waals surface area contributed by atoms with Crippen molar-refractivity contribution in [2.45, 2.75) is 25.5 Å². The van der Waals surface area contributed by atoms with Gasteiger partial charge in [0.1, 0.15) is 0 Å². The van der Waals surface area contributed by atoms with Crippen LogP contribution in [0.25, 0.3) is 0 Å². The predicted octanol–water partition coefficient (Wildman–Crippen LogP) is 1.31. The van der Waals surface area contributed by atoms with Crippen LogP contribution in [0.15, 0.2) is 37.0 Å². The molecule has 1 fully saturated rings. The number of benzene rings is 1.